The summed E-state index contributed by atoms with van der Waals surface area (Å²) < 4.78 is 26.9. The molecule has 0 radical (unpaired) electrons. The van der Waals surface area contributed by atoms with Crippen molar-refractivity contribution in [3.8, 4) is 0 Å². The van der Waals surface area contributed by atoms with Crippen LogP contribution in [0.4, 0.5) is 0 Å². The summed E-state index contributed by atoms with van der Waals surface area (Å²) in [6.07, 6.45) is 1.99. The van der Waals surface area contributed by atoms with Crippen LogP contribution in [0.1, 0.15) is 19.8 Å². The molecule has 2 rings (SSSR count). The van der Waals surface area contributed by atoms with E-state index in [1.165, 1.54) is 11.3 Å². The van der Waals surface area contributed by atoms with Gasteiger partial charge in [-0.1, -0.05) is 13.0 Å². The van der Waals surface area contributed by atoms with Crippen LogP contribution in [0.25, 0.3) is 0 Å². The minimum Gasteiger partial charge on any atom is -0.315 e. The quantitative estimate of drug-likeness (QED) is 0.905. The molecule has 96 valence electrons. The SMILES string of the molecule is CCN(C1CCCNC1)S(=O)(=O)c1cccs1. The fraction of sp³-hybridized carbons (Fsp3) is 0.636. The van der Waals surface area contributed by atoms with E-state index in [0.717, 1.165) is 25.9 Å². The molecule has 4 nitrogen and oxygen atoms in total. The van der Waals surface area contributed by atoms with Gasteiger partial charge in [0.15, 0.2) is 0 Å². The van der Waals surface area contributed by atoms with Gasteiger partial charge < -0.3 is 5.32 Å². The lowest BCUT2D eigenvalue weighted by Gasteiger charge is -2.32. The first-order chi connectivity index (χ1) is 8.16. The van der Waals surface area contributed by atoms with Crippen molar-refractivity contribution < 1.29 is 8.42 Å². The Labute approximate surface area is 107 Å². The molecule has 1 unspecified atom stereocenters. The van der Waals surface area contributed by atoms with Crippen LogP contribution < -0.4 is 5.32 Å². The highest BCUT2D eigenvalue weighted by atomic mass is 32.2. The third-order valence-electron chi connectivity index (χ3n) is 3.05. The van der Waals surface area contributed by atoms with Crippen molar-refractivity contribution in [3.05, 3.63) is 17.5 Å². The number of rotatable bonds is 4. The molecule has 0 spiro atoms. The van der Waals surface area contributed by atoms with Gasteiger partial charge in [-0.05, 0) is 30.8 Å². The van der Waals surface area contributed by atoms with Crippen molar-refractivity contribution in [2.75, 3.05) is 19.6 Å². The fourth-order valence-corrected chi connectivity index (χ4v) is 5.01. The molecule has 0 saturated carbocycles. The highest BCUT2D eigenvalue weighted by molar-refractivity contribution is 7.91. The first-order valence-electron chi connectivity index (χ1n) is 5.92. The van der Waals surface area contributed by atoms with Crippen LogP contribution in [-0.2, 0) is 10.0 Å². The second-order valence-corrected chi connectivity index (χ2v) is 7.21. The van der Waals surface area contributed by atoms with E-state index in [4.69, 9.17) is 0 Å². The Morgan fingerprint density at radius 2 is 2.41 bits per heavy atom. The molecule has 1 aromatic rings. The standard InChI is InChI=1S/C11H18N2O2S2/c1-2-13(10-5-3-7-12-9-10)17(14,15)11-6-4-8-16-11/h4,6,8,10,12H,2-3,5,7,9H2,1H3. The van der Waals surface area contributed by atoms with Crippen LogP contribution >= 0.6 is 11.3 Å². The number of nitrogens with zero attached hydrogens (tertiary/aromatic N) is 1. The van der Waals surface area contributed by atoms with Crippen molar-refractivity contribution in [1.29, 1.82) is 0 Å². The molecule has 1 N–H and O–H groups in total. The molecule has 1 saturated heterocycles. The number of sulfonamides is 1. The summed E-state index contributed by atoms with van der Waals surface area (Å²) in [7, 11) is -3.30. The molecule has 1 fully saturated rings. The summed E-state index contributed by atoms with van der Waals surface area (Å²) in [6.45, 7) is 4.19. The zero-order valence-electron chi connectivity index (χ0n) is 9.93. The Morgan fingerprint density at radius 3 is 2.94 bits per heavy atom. The fourth-order valence-electron chi connectivity index (χ4n) is 2.23. The van der Waals surface area contributed by atoms with Crippen molar-refractivity contribution in [3.63, 3.8) is 0 Å². The average Bonchev–Trinajstić information content (AvgIpc) is 2.85. The Kier molecular flexibility index (Phi) is 4.19. The number of likely N-dealkylation sites (N-methyl/N-ethyl adjacent to an activating group) is 1. The van der Waals surface area contributed by atoms with E-state index in [2.05, 4.69) is 5.32 Å². The van der Waals surface area contributed by atoms with Crippen LogP contribution in [0.5, 0.6) is 0 Å². The summed E-state index contributed by atoms with van der Waals surface area (Å²) in [4.78, 5) is 0. The summed E-state index contributed by atoms with van der Waals surface area (Å²) in [5.41, 5.74) is 0. The third kappa shape index (κ3) is 2.70. The molecule has 1 aliphatic heterocycles. The maximum atomic E-state index is 12.4. The number of hydrogen-bond acceptors (Lipinski definition) is 4. The van der Waals surface area contributed by atoms with Crippen LogP contribution in [0.2, 0.25) is 0 Å². The van der Waals surface area contributed by atoms with Gasteiger partial charge in [0, 0.05) is 19.1 Å². The van der Waals surface area contributed by atoms with E-state index in [1.807, 2.05) is 6.92 Å². The highest BCUT2D eigenvalue weighted by Gasteiger charge is 2.31. The van der Waals surface area contributed by atoms with Crippen molar-refractivity contribution in [2.24, 2.45) is 0 Å². The molecule has 1 atom stereocenters. The molecule has 0 bridgehead atoms. The summed E-state index contributed by atoms with van der Waals surface area (Å²) in [5.74, 6) is 0. The predicted octanol–water partition coefficient (Wildman–Crippen LogP) is 1.51. The average molecular weight is 274 g/mol. The first-order valence-corrected chi connectivity index (χ1v) is 8.24. The summed E-state index contributed by atoms with van der Waals surface area (Å²) >= 11 is 1.29. The number of hydrogen-bond donors (Lipinski definition) is 1. The van der Waals surface area contributed by atoms with Gasteiger partial charge in [-0.25, -0.2) is 8.42 Å². The smallest absolute Gasteiger partial charge is 0.252 e. The zero-order valence-corrected chi connectivity index (χ0v) is 11.6. The van der Waals surface area contributed by atoms with E-state index in [0.29, 0.717) is 10.8 Å². The normalized spacial score (nSPS) is 21.9. The van der Waals surface area contributed by atoms with Crippen LogP contribution in [0, 0.1) is 0 Å². The Morgan fingerprint density at radius 1 is 1.59 bits per heavy atom. The zero-order chi connectivity index (χ0) is 12.3. The van der Waals surface area contributed by atoms with E-state index in [-0.39, 0.29) is 6.04 Å². The molecular weight excluding hydrogens is 256 g/mol. The van der Waals surface area contributed by atoms with Crippen molar-refractivity contribution in [1.82, 2.24) is 9.62 Å². The minimum absolute atomic E-state index is 0.0980. The lowest BCUT2D eigenvalue weighted by atomic mass is 10.1. The van der Waals surface area contributed by atoms with E-state index >= 15 is 0 Å². The molecule has 1 aromatic heterocycles. The van der Waals surface area contributed by atoms with E-state index < -0.39 is 10.0 Å². The monoisotopic (exact) mass is 274 g/mol. The van der Waals surface area contributed by atoms with Crippen molar-refractivity contribution >= 4 is 21.4 Å². The summed E-state index contributed by atoms with van der Waals surface area (Å²) in [6, 6.07) is 3.56. The van der Waals surface area contributed by atoms with Crippen LogP contribution in [0.3, 0.4) is 0 Å². The Bertz CT molecular complexity index is 436. The maximum absolute atomic E-state index is 12.4. The molecule has 0 aromatic carbocycles. The molecule has 0 aliphatic carbocycles. The second kappa shape index (κ2) is 5.48. The number of piperidine rings is 1. The number of thiophene rings is 1. The Hall–Kier alpha value is -0.430. The molecule has 0 amide bonds. The Balaban J connectivity index is 2.23. The van der Waals surface area contributed by atoms with Gasteiger partial charge in [0.05, 0.1) is 0 Å². The summed E-state index contributed by atoms with van der Waals surface area (Å²) in [5, 5.41) is 5.07. The van der Waals surface area contributed by atoms with Gasteiger partial charge in [-0.3, -0.25) is 0 Å². The molecule has 2 heterocycles. The topological polar surface area (TPSA) is 49.4 Å². The van der Waals surface area contributed by atoms with Crippen LogP contribution in [-0.4, -0.2) is 38.4 Å². The molecule has 6 heteroatoms. The van der Waals surface area contributed by atoms with Crippen LogP contribution in [0.15, 0.2) is 21.7 Å². The largest absolute Gasteiger partial charge is 0.315 e. The lowest BCUT2D eigenvalue weighted by Crippen LogP contribution is -2.48. The molecule has 17 heavy (non-hydrogen) atoms. The predicted molar refractivity (Wildman–Crippen MR) is 69.8 cm³/mol. The lowest BCUT2D eigenvalue weighted by molar-refractivity contribution is 0.275. The minimum atomic E-state index is -3.30. The second-order valence-electron chi connectivity index (χ2n) is 4.14. The van der Waals surface area contributed by atoms with Gasteiger partial charge in [-0.2, -0.15) is 4.31 Å². The number of nitrogens with one attached hydrogen (secondary N) is 1. The van der Waals surface area contributed by atoms with Gasteiger partial charge in [-0.15, -0.1) is 11.3 Å². The highest BCUT2D eigenvalue weighted by Crippen LogP contribution is 2.24. The first kappa shape index (κ1) is 13.0. The van der Waals surface area contributed by atoms with E-state index in [9.17, 15) is 8.42 Å². The van der Waals surface area contributed by atoms with Crippen molar-refractivity contribution in [2.45, 2.75) is 30.0 Å². The molecular formula is C11H18N2O2S2. The van der Waals surface area contributed by atoms with E-state index in [1.54, 1.807) is 21.8 Å². The third-order valence-corrected chi connectivity index (χ3v) is 6.45. The maximum Gasteiger partial charge on any atom is 0.252 e. The van der Waals surface area contributed by atoms with Gasteiger partial charge >= 0.3 is 0 Å². The van der Waals surface area contributed by atoms with Gasteiger partial charge in [0.25, 0.3) is 10.0 Å². The van der Waals surface area contributed by atoms with Gasteiger partial charge in [0.1, 0.15) is 4.21 Å². The molecule has 1 aliphatic rings. The van der Waals surface area contributed by atoms with Gasteiger partial charge in [0.2, 0.25) is 0 Å².